The van der Waals surface area contributed by atoms with E-state index in [0.29, 0.717) is 12.2 Å². The van der Waals surface area contributed by atoms with Crippen molar-refractivity contribution in [1.82, 2.24) is 9.97 Å². The number of nitrogens with one attached hydrogen (secondary N) is 1. The Bertz CT molecular complexity index is 235. The van der Waals surface area contributed by atoms with Crippen molar-refractivity contribution >= 4 is 21.9 Å². The lowest BCUT2D eigenvalue weighted by molar-refractivity contribution is -0.136. The summed E-state index contributed by atoms with van der Waals surface area (Å²) >= 11 is 3.00. The number of nitrogens with zero attached hydrogens (tertiary/aromatic N) is 1. The van der Waals surface area contributed by atoms with E-state index < -0.39 is 10.8 Å². The van der Waals surface area contributed by atoms with Crippen molar-refractivity contribution < 1.29 is 9.90 Å². The van der Waals surface area contributed by atoms with Crippen molar-refractivity contribution in [1.29, 1.82) is 0 Å². The number of aromatic nitrogens is 2. The van der Waals surface area contributed by atoms with E-state index in [1.807, 2.05) is 0 Å². The summed E-state index contributed by atoms with van der Waals surface area (Å²) in [4.78, 5) is 16.5. The summed E-state index contributed by atoms with van der Waals surface area (Å²) in [5.41, 5.74) is 0. The smallest absolute Gasteiger partial charge is 0.317 e. The van der Waals surface area contributed by atoms with Crippen molar-refractivity contribution in [2.75, 3.05) is 0 Å². The average Bonchev–Trinajstić information content (AvgIpc) is 2.39. The number of aromatic amines is 1. The van der Waals surface area contributed by atoms with Gasteiger partial charge in [-0.2, -0.15) is 0 Å². The van der Waals surface area contributed by atoms with E-state index in [1.165, 1.54) is 0 Å². The molecule has 60 valence electrons. The minimum Gasteiger partial charge on any atom is -0.480 e. The van der Waals surface area contributed by atoms with Crippen LogP contribution in [0.3, 0.4) is 0 Å². The first-order valence-corrected chi connectivity index (χ1v) is 3.97. The molecule has 1 unspecified atom stereocenters. The van der Waals surface area contributed by atoms with Gasteiger partial charge in [0.25, 0.3) is 0 Å². The van der Waals surface area contributed by atoms with Crippen molar-refractivity contribution in [3.05, 3.63) is 18.2 Å². The molecule has 0 radical (unpaired) electrons. The number of rotatable bonds is 3. The Labute approximate surface area is 71.8 Å². The highest BCUT2D eigenvalue weighted by Gasteiger charge is 2.14. The monoisotopic (exact) mass is 218 g/mol. The van der Waals surface area contributed by atoms with E-state index in [9.17, 15) is 4.79 Å². The summed E-state index contributed by atoms with van der Waals surface area (Å²) in [6.07, 6.45) is 3.64. The van der Waals surface area contributed by atoms with Crippen molar-refractivity contribution in [3.8, 4) is 0 Å². The molecule has 4 nitrogen and oxygen atoms in total. The van der Waals surface area contributed by atoms with Gasteiger partial charge in [0.2, 0.25) is 0 Å². The number of aliphatic carboxylic acids is 1. The predicted molar refractivity (Wildman–Crippen MR) is 42.6 cm³/mol. The molecule has 0 aromatic carbocycles. The van der Waals surface area contributed by atoms with Crippen LogP contribution in [-0.4, -0.2) is 25.9 Å². The van der Waals surface area contributed by atoms with Gasteiger partial charge in [-0.1, -0.05) is 15.9 Å². The van der Waals surface area contributed by atoms with Gasteiger partial charge in [0.05, 0.1) is 0 Å². The molecule has 0 saturated heterocycles. The summed E-state index contributed by atoms with van der Waals surface area (Å²) in [5, 5.41) is 8.49. The van der Waals surface area contributed by atoms with Crippen LogP contribution in [0.2, 0.25) is 0 Å². The first-order chi connectivity index (χ1) is 5.20. The molecule has 0 aliphatic heterocycles. The van der Waals surface area contributed by atoms with Crippen molar-refractivity contribution in [2.45, 2.75) is 11.2 Å². The summed E-state index contributed by atoms with van der Waals surface area (Å²) in [5.74, 6) is -0.198. The topological polar surface area (TPSA) is 66.0 Å². The van der Waals surface area contributed by atoms with Gasteiger partial charge in [0.1, 0.15) is 10.7 Å². The SMILES string of the molecule is O=C(O)C(Br)Cc1ncc[nH]1. The van der Waals surface area contributed by atoms with Crippen LogP contribution in [0.25, 0.3) is 0 Å². The van der Waals surface area contributed by atoms with Gasteiger partial charge in [0, 0.05) is 18.8 Å². The standard InChI is InChI=1S/C6H7BrN2O2/c7-4(6(10)11)3-5-8-1-2-9-5/h1-2,4H,3H2,(H,8,9)(H,10,11). The van der Waals surface area contributed by atoms with Gasteiger partial charge < -0.3 is 10.1 Å². The second-order valence-corrected chi connectivity index (χ2v) is 3.15. The van der Waals surface area contributed by atoms with E-state index in [2.05, 4.69) is 25.9 Å². The average molecular weight is 219 g/mol. The Morgan fingerprint density at radius 3 is 3.09 bits per heavy atom. The van der Waals surface area contributed by atoms with E-state index in [0.717, 1.165) is 0 Å². The normalized spacial score (nSPS) is 12.8. The minimum absolute atomic E-state index is 0.377. The molecular weight excluding hydrogens is 212 g/mol. The molecule has 1 heterocycles. The number of carboxylic acid groups (broad SMARTS) is 1. The van der Waals surface area contributed by atoms with Gasteiger partial charge in [-0.25, -0.2) is 4.98 Å². The Morgan fingerprint density at radius 2 is 2.64 bits per heavy atom. The van der Waals surface area contributed by atoms with E-state index in [-0.39, 0.29) is 0 Å². The first-order valence-electron chi connectivity index (χ1n) is 3.05. The fourth-order valence-electron chi connectivity index (χ4n) is 0.667. The van der Waals surface area contributed by atoms with Crippen LogP contribution in [0.5, 0.6) is 0 Å². The summed E-state index contributed by atoms with van der Waals surface area (Å²) in [7, 11) is 0. The third kappa shape index (κ3) is 2.34. The largest absolute Gasteiger partial charge is 0.480 e. The molecule has 11 heavy (non-hydrogen) atoms. The van der Waals surface area contributed by atoms with E-state index in [4.69, 9.17) is 5.11 Å². The zero-order valence-corrected chi connectivity index (χ0v) is 7.21. The van der Waals surface area contributed by atoms with Gasteiger partial charge in [-0.3, -0.25) is 4.79 Å². The second kappa shape index (κ2) is 3.52. The lowest BCUT2D eigenvalue weighted by Crippen LogP contribution is -2.15. The Kier molecular flexibility index (Phi) is 2.64. The van der Waals surface area contributed by atoms with Crippen LogP contribution in [0.15, 0.2) is 12.4 Å². The molecule has 5 heteroatoms. The molecule has 1 atom stereocenters. The summed E-state index contributed by atoms with van der Waals surface area (Å²) in [6, 6.07) is 0. The van der Waals surface area contributed by atoms with Crippen molar-refractivity contribution in [2.24, 2.45) is 0 Å². The van der Waals surface area contributed by atoms with Crippen LogP contribution < -0.4 is 0 Å². The molecule has 0 aliphatic rings. The molecule has 1 aromatic heterocycles. The van der Waals surface area contributed by atoms with Crippen molar-refractivity contribution in [3.63, 3.8) is 0 Å². The molecule has 0 spiro atoms. The highest BCUT2D eigenvalue weighted by atomic mass is 79.9. The zero-order chi connectivity index (χ0) is 8.27. The van der Waals surface area contributed by atoms with Gasteiger partial charge in [-0.05, 0) is 0 Å². The molecular formula is C6H7BrN2O2. The molecule has 0 aliphatic carbocycles. The van der Waals surface area contributed by atoms with E-state index in [1.54, 1.807) is 12.4 Å². The lowest BCUT2D eigenvalue weighted by atomic mass is 10.3. The molecule has 0 saturated carbocycles. The summed E-state index contributed by atoms with van der Waals surface area (Å²) < 4.78 is 0. The van der Waals surface area contributed by atoms with Crippen LogP contribution in [0.4, 0.5) is 0 Å². The fourth-order valence-corrected chi connectivity index (χ4v) is 0.973. The van der Waals surface area contributed by atoms with Crippen LogP contribution in [-0.2, 0) is 11.2 Å². The third-order valence-corrected chi connectivity index (χ3v) is 1.91. The Hall–Kier alpha value is -0.840. The van der Waals surface area contributed by atoms with Crippen LogP contribution >= 0.6 is 15.9 Å². The number of halogens is 1. The number of H-pyrrole nitrogens is 1. The predicted octanol–water partition coefficient (Wildman–Crippen LogP) is 0.800. The highest BCUT2D eigenvalue weighted by molar-refractivity contribution is 9.10. The number of alkyl halides is 1. The van der Waals surface area contributed by atoms with Crippen LogP contribution in [0, 0.1) is 0 Å². The number of hydrogen-bond donors (Lipinski definition) is 2. The Balaban J connectivity index is 2.50. The maximum absolute atomic E-state index is 10.3. The number of hydrogen-bond acceptors (Lipinski definition) is 2. The Morgan fingerprint density at radius 1 is 1.91 bits per heavy atom. The molecule has 1 aromatic rings. The second-order valence-electron chi connectivity index (χ2n) is 2.05. The van der Waals surface area contributed by atoms with E-state index >= 15 is 0 Å². The summed E-state index contributed by atoms with van der Waals surface area (Å²) in [6.45, 7) is 0. The third-order valence-electron chi connectivity index (χ3n) is 1.20. The fraction of sp³-hybridized carbons (Fsp3) is 0.333. The highest BCUT2D eigenvalue weighted by Crippen LogP contribution is 2.05. The number of carboxylic acids is 1. The maximum Gasteiger partial charge on any atom is 0.317 e. The quantitative estimate of drug-likeness (QED) is 0.739. The minimum atomic E-state index is -0.874. The first kappa shape index (κ1) is 8.26. The molecule has 0 fully saturated rings. The number of imidazole rings is 1. The maximum atomic E-state index is 10.3. The zero-order valence-electron chi connectivity index (χ0n) is 5.62. The van der Waals surface area contributed by atoms with Gasteiger partial charge in [0.15, 0.2) is 0 Å². The number of carbonyl (C=O) groups is 1. The van der Waals surface area contributed by atoms with Crippen LogP contribution in [0.1, 0.15) is 5.82 Å². The molecule has 0 bridgehead atoms. The lowest BCUT2D eigenvalue weighted by Gasteiger charge is -1.99. The molecule has 1 rings (SSSR count). The molecule has 0 amide bonds. The molecule has 2 N–H and O–H groups in total. The van der Waals surface area contributed by atoms with Gasteiger partial charge >= 0.3 is 5.97 Å². The van der Waals surface area contributed by atoms with Gasteiger partial charge in [-0.15, -0.1) is 0 Å².